The summed E-state index contributed by atoms with van der Waals surface area (Å²) in [4.78, 5) is 9.76. The molecule has 0 aliphatic carbocycles. The van der Waals surface area contributed by atoms with E-state index in [1.807, 2.05) is 0 Å². The molecule has 2 aliphatic heterocycles. The fourth-order valence-corrected chi connectivity index (χ4v) is 3.46. The highest BCUT2D eigenvalue weighted by Crippen LogP contribution is 2.29. The SMILES string of the molecule is CC(C)c1ccc(CN2CC3CCC(C2)N3C)cn1. The van der Waals surface area contributed by atoms with Crippen LogP contribution >= 0.6 is 0 Å². The van der Waals surface area contributed by atoms with Gasteiger partial charge in [-0.05, 0) is 37.4 Å². The molecule has 3 heteroatoms. The zero-order valence-corrected chi connectivity index (χ0v) is 12.3. The van der Waals surface area contributed by atoms with E-state index in [9.17, 15) is 0 Å². The Hall–Kier alpha value is -0.930. The van der Waals surface area contributed by atoms with Gasteiger partial charge in [-0.1, -0.05) is 19.9 Å². The average molecular weight is 259 g/mol. The van der Waals surface area contributed by atoms with Gasteiger partial charge in [0.1, 0.15) is 0 Å². The molecule has 2 unspecified atom stereocenters. The molecule has 2 atom stereocenters. The smallest absolute Gasteiger partial charge is 0.0429 e. The molecule has 0 N–H and O–H groups in total. The van der Waals surface area contributed by atoms with Crippen molar-refractivity contribution in [2.75, 3.05) is 20.1 Å². The molecule has 2 fully saturated rings. The van der Waals surface area contributed by atoms with Crippen molar-refractivity contribution in [2.45, 2.75) is 51.2 Å². The minimum atomic E-state index is 0.522. The van der Waals surface area contributed by atoms with Gasteiger partial charge in [0.25, 0.3) is 0 Å². The maximum absolute atomic E-state index is 4.58. The Morgan fingerprint density at radius 3 is 2.42 bits per heavy atom. The molecule has 0 saturated carbocycles. The summed E-state index contributed by atoms with van der Waals surface area (Å²) in [6.45, 7) is 7.89. The topological polar surface area (TPSA) is 19.4 Å². The third-order valence-electron chi connectivity index (χ3n) is 4.77. The quantitative estimate of drug-likeness (QED) is 0.831. The Labute approximate surface area is 116 Å². The number of pyridine rings is 1. The lowest BCUT2D eigenvalue weighted by molar-refractivity contribution is 0.0837. The Balaban J connectivity index is 1.63. The van der Waals surface area contributed by atoms with Crippen molar-refractivity contribution in [3.05, 3.63) is 29.6 Å². The first-order chi connectivity index (χ1) is 9.13. The van der Waals surface area contributed by atoms with Crippen molar-refractivity contribution in [1.29, 1.82) is 0 Å². The number of piperazine rings is 1. The Bertz CT molecular complexity index is 412. The Morgan fingerprint density at radius 2 is 1.89 bits per heavy atom. The highest BCUT2D eigenvalue weighted by molar-refractivity contribution is 5.16. The summed E-state index contributed by atoms with van der Waals surface area (Å²) in [5.74, 6) is 0.522. The third-order valence-corrected chi connectivity index (χ3v) is 4.77. The van der Waals surface area contributed by atoms with Crippen LogP contribution in [0.2, 0.25) is 0 Å². The second-order valence-corrected chi connectivity index (χ2v) is 6.49. The van der Waals surface area contributed by atoms with E-state index < -0.39 is 0 Å². The first kappa shape index (κ1) is 13.1. The van der Waals surface area contributed by atoms with E-state index >= 15 is 0 Å². The van der Waals surface area contributed by atoms with E-state index in [4.69, 9.17) is 0 Å². The van der Waals surface area contributed by atoms with E-state index in [0.29, 0.717) is 5.92 Å². The third kappa shape index (κ3) is 2.67. The van der Waals surface area contributed by atoms with Gasteiger partial charge in [-0.3, -0.25) is 14.8 Å². The number of rotatable bonds is 3. The average Bonchev–Trinajstić information content (AvgIpc) is 2.63. The summed E-state index contributed by atoms with van der Waals surface area (Å²) in [6.07, 6.45) is 4.82. The number of aromatic nitrogens is 1. The van der Waals surface area contributed by atoms with Gasteiger partial charge in [0, 0.05) is 43.6 Å². The number of likely N-dealkylation sites (N-methyl/N-ethyl adjacent to an activating group) is 1. The summed E-state index contributed by atoms with van der Waals surface area (Å²) < 4.78 is 0. The van der Waals surface area contributed by atoms with Gasteiger partial charge in [-0.25, -0.2) is 0 Å². The van der Waals surface area contributed by atoms with Gasteiger partial charge in [-0.15, -0.1) is 0 Å². The zero-order valence-electron chi connectivity index (χ0n) is 12.3. The Morgan fingerprint density at radius 1 is 1.21 bits per heavy atom. The van der Waals surface area contributed by atoms with Crippen molar-refractivity contribution in [3.8, 4) is 0 Å². The highest BCUT2D eigenvalue weighted by Gasteiger charge is 2.37. The van der Waals surface area contributed by atoms with E-state index in [1.165, 1.54) is 37.2 Å². The number of hydrogen-bond donors (Lipinski definition) is 0. The lowest BCUT2D eigenvalue weighted by Gasteiger charge is -2.38. The molecule has 2 saturated heterocycles. The van der Waals surface area contributed by atoms with Gasteiger partial charge in [0.15, 0.2) is 0 Å². The van der Waals surface area contributed by atoms with Crippen molar-refractivity contribution < 1.29 is 0 Å². The van der Waals surface area contributed by atoms with Crippen LogP contribution in [0.15, 0.2) is 18.3 Å². The van der Waals surface area contributed by atoms with Crippen molar-refractivity contribution in [3.63, 3.8) is 0 Å². The zero-order chi connectivity index (χ0) is 13.4. The molecule has 1 aromatic rings. The van der Waals surface area contributed by atoms with E-state index in [2.05, 4.69) is 54.0 Å². The van der Waals surface area contributed by atoms with Crippen LogP contribution < -0.4 is 0 Å². The predicted molar refractivity (Wildman–Crippen MR) is 78.2 cm³/mol. The van der Waals surface area contributed by atoms with Gasteiger partial charge < -0.3 is 0 Å². The molecule has 1 aromatic heterocycles. The Kier molecular flexibility index (Phi) is 3.59. The van der Waals surface area contributed by atoms with Gasteiger partial charge in [0.05, 0.1) is 0 Å². The molecule has 3 rings (SSSR count). The molecule has 0 aromatic carbocycles. The van der Waals surface area contributed by atoms with Crippen molar-refractivity contribution in [1.82, 2.24) is 14.8 Å². The standard InChI is InChI=1S/C16H25N3/c1-12(2)16-7-4-13(8-17-16)9-19-10-14-5-6-15(11-19)18(14)3/h4,7-8,12,14-15H,5-6,9-11H2,1-3H3. The van der Waals surface area contributed by atoms with Crippen molar-refractivity contribution in [2.24, 2.45) is 0 Å². The highest BCUT2D eigenvalue weighted by atomic mass is 15.3. The molecule has 3 heterocycles. The summed E-state index contributed by atoms with van der Waals surface area (Å²) in [5.41, 5.74) is 2.55. The number of fused-ring (bicyclic) bond motifs is 2. The minimum absolute atomic E-state index is 0.522. The van der Waals surface area contributed by atoms with E-state index in [0.717, 1.165) is 18.6 Å². The van der Waals surface area contributed by atoms with Crippen LogP contribution in [0.3, 0.4) is 0 Å². The van der Waals surface area contributed by atoms with Crippen LogP contribution in [0.5, 0.6) is 0 Å². The molecule has 3 nitrogen and oxygen atoms in total. The maximum Gasteiger partial charge on any atom is 0.0429 e. The molecular formula is C16H25N3. The van der Waals surface area contributed by atoms with Gasteiger partial charge in [0.2, 0.25) is 0 Å². The van der Waals surface area contributed by atoms with Gasteiger partial charge in [-0.2, -0.15) is 0 Å². The van der Waals surface area contributed by atoms with Crippen LogP contribution in [0.25, 0.3) is 0 Å². The van der Waals surface area contributed by atoms with Crippen molar-refractivity contribution >= 4 is 0 Å². The summed E-state index contributed by atoms with van der Waals surface area (Å²) in [6, 6.07) is 6.00. The normalized spacial score (nSPS) is 28.2. The van der Waals surface area contributed by atoms with Crippen LogP contribution in [-0.4, -0.2) is 47.0 Å². The second kappa shape index (κ2) is 5.22. The van der Waals surface area contributed by atoms with E-state index in [-0.39, 0.29) is 0 Å². The summed E-state index contributed by atoms with van der Waals surface area (Å²) in [7, 11) is 2.29. The minimum Gasteiger partial charge on any atom is -0.298 e. The number of nitrogens with zero attached hydrogens (tertiary/aromatic N) is 3. The molecule has 0 spiro atoms. The molecule has 19 heavy (non-hydrogen) atoms. The predicted octanol–water partition coefficient (Wildman–Crippen LogP) is 2.48. The molecule has 104 valence electrons. The summed E-state index contributed by atoms with van der Waals surface area (Å²) >= 11 is 0. The lowest BCUT2D eigenvalue weighted by Crippen LogP contribution is -2.51. The lowest BCUT2D eigenvalue weighted by atomic mass is 10.1. The fourth-order valence-electron chi connectivity index (χ4n) is 3.46. The molecule has 0 radical (unpaired) electrons. The fraction of sp³-hybridized carbons (Fsp3) is 0.688. The first-order valence-corrected chi connectivity index (χ1v) is 7.52. The van der Waals surface area contributed by atoms with Crippen LogP contribution in [0.1, 0.15) is 43.9 Å². The number of likely N-dealkylation sites (tertiary alicyclic amines) is 1. The van der Waals surface area contributed by atoms with Gasteiger partial charge >= 0.3 is 0 Å². The molecule has 2 aliphatic rings. The van der Waals surface area contributed by atoms with Crippen LogP contribution in [0.4, 0.5) is 0 Å². The molecular weight excluding hydrogens is 234 g/mol. The molecule has 2 bridgehead atoms. The first-order valence-electron chi connectivity index (χ1n) is 7.52. The van der Waals surface area contributed by atoms with Crippen LogP contribution in [-0.2, 0) is 6.54 Å². The van der Waals surface area contributed by atoms with E-state index in [1.54, 1.807) is 0 Å². The van der Waals surface area contributed by atoms with Crippen LogP contribution in [0, 0.1) is 0 Å². The molecule has 0 amide bonds. The monoisotopic (exact) mass is 259 g/mol. The summed E-state index contributed by atoms with van der Waals surface area (Å²) in [5, 5.41) is 0. The largest absolute Gasteiger partial charge is 0.298 e. The second-order valence-electron chi connectivity index (χ2n) is 6.49. The maximum atomic E-state index is 4.58. The number of hydrogen-bond acceptors (Lipinski definition) is 3.